The van der Waals surface area contributed by atoms with Crippen molar-refractivity contribution in [3.63, 3.8) is 0 Å². The van der Waals surface area contributed by atoms with Gasteiger partial charge in [0.1, 0.15) is 5.75 Å². The quantitative estimate of drug-likeness (QED) is 0.198. The first-order chi connectivity index (χ1) is 18.2. The van der Waals surface area contributed by atoms with Gasteiger partial charge < -0.3 is 15.0 Å². The molecule has 0 saturated heterocycles. The summed E-state index contributed by atoms with van der Waals surface area (Å²) in [5.74, 6) is 1.69. The molecule has 1 N–H and O–H groups in total. The Kier molecular flexibility index (Phi) is 13.5. The Hall–Kier alpha value is -2.40. The van der Waals surface area contributed by atoms with Crippen molar-refractivity contribution < 1.29 is 9.53 Å². The van der Waals surface area contributed by atoms with Crippen molar-refractivity contribution in [2.24, 2.45) is 0 Å². The zero-order valence-electron chi connectivity index (χ0n) is 23.0. The Balaban J connectivity index is 1.30. The van der Waals surface area contributed by atoms with Crippen LogP contribution in [0.1, 0.15) is 107 Å². The monoisotopic (exact) mass is 522 g/mol. The Morgan fingerprint density at radius 1 is 0.865 bits per heavy atom. The summed E-state index contributed by atoms with van der Waals surface area (Å²) in [4.78, 5) is 15.2. The standard InChI is InChI=1S/C32H46N2O2S/c1-3-4-5-6-7-8-9-10-11-12-13-16-23-36-30-21-19-28(20-22-30)32(35)33-31-18-15-14-17-29(31)24-34-26-37-25-27(34)2/h14-15,17-22,25H,3-13,16,23-24,26H2,1-2H3,(H,33,35). The second kappa shape index (κ2) is 17.2. The van der Waals surface area contributed by atoms with E-state index in [9.17, 15) is 4.79 Å². The van der Waals surface area contributed by atoms with Crippen LogP contribution in [0.2, 0.25) is 0 Å². The van der Waals surface area contributed by atoms with Gasteiger partial charge in [-0.3, -0.25) is 4.79 Å². The second-order valence-electron chi connectivity index (χ2n) is 10.1. The predicted molar refractivity (Wildman–Crippen MR) is 159 cm³/mol. The Bertz CT molecular complexity index is 958. The number of benzene rings is 2. The summed E-state index contributed by atoms with van der Waals surface area (Å²) in [6.45, 7) is 5.93. The van der Waals surface area contributed by atoms with Crippen LogP contribution < -0.4 is 10.1 Å². The van der Waals surface area contributed by atoms with E-state index in [0.717, 1.165) is 42.4 Å². The van der Waals surface area contributed by atoms with Gasteiger partial charge in [-0.1, -0.05) is 95.8 Å². The number of carbonyl (C=O) groups excluding carboxylic acids is 1. The highest BCUT2D eigenvalue weighted by Crippen LogP contribution is 2.27. The number of thioether (sulfide) groups is 1. The predicted octanol–water partition coefficient (Wildman–Crippen LogP) is 9.39. The van der Waals surface area contributed by atoms with Crippen molar-refractivity contribution >= 4 is 23.4 Å². The third kappa shape index (κ3) is 10.9. The number of unbranched alkanes of at least 4 members (excludes halogenated alkanes) is 11. The van der Waals surface area contributed by atoms with Gasteiger partial charge in [-0.15, -0.1) is 11.8 Å². The lowest BCUT2D eigenvalue weighted by molar-refractivity contribution is 0.102. The number of hydrogen-bond acceptors (Lipinski definition) is 4. The van der Waals surface area contributed by atoms with Crippen LogP contribution in [0.15, 0.2) is 59.6 Å². The zero-order valence-corrected chi connectivity index (χ0v) is 23.8. The summed E-state index contributed by atoms with van der Waals surface area (Å²) in [6, 6.07) is 15.5. The smallest absolute Gasteiger partial charge is 0.255 e. The van der Waals surface area contributed by atoms with E-state index < -0.39 is 0 Å². The van der Waals surface area contributed by atoms with Crippen molar-refractivity contribution in [2.75, 3.05) is 17.8 Å². The Morgan fingerprint density at radius 3 is 2.11 bits per heavy atom. The molecule has 0 saturated carbocycles. The van der Waals surface area contributed by atoms with Gasteiger partial charge in [-0.25, -0.2) is 0 Å². The van der Waals surface area contributed by atoms with Gasteiger partial charge in [-0.2, -0.15) is 0 Å². The molecule has 1 amide bonds. The van der Waals surface area contributed by atoms with Gasteiger partial charge >= 0.3 is 0 Å². The first-order valence-corrected chi connectivity index (χ1v) is 15.4. The molecule has 0 bridgehead atoms. The van der Waals surface area contributed by atoms with Crippen LogP contribution in [-0.2, 0) is 6.54 Å². The van der Waals surface area contributed by atoms with Gasteiger partial charge in [0.25, 0.3) is 5.91 Å². The molecule has 0 aromatic heterocycles. The maximum absolute atomic E-state index is 12.9. The summed E-state index contributed by atoms with van der Waals surface area (Å²) >= 11 is 1.81. The van der Waals surface area contributed by atoms with Gasteiger partial charge in [0.15, 0.2) is 0 Å². The lowest BCUT2D eigenvalue weighted by Gasteiger charge is -2.21. The fourth-order valence-electron chi connectivity index (χ4n) is 4.61. The lowest BCUT2D eigenvalue weighted by Crippen LogP contribution is -2.19. The molecule has 3 rings (SSSR count). The molecule has 0 fully saturated rings. The SMILES string of the molecule is CCCCCCCCCCCCCCOc1ccc(C(=O)Nc2ccccc2CN2CSC=C2C)cc1. The van der Waals surface area contributed by atoms with E-state index in [1.807, 2.05) is 54.2 Å². The zero-order chi connectivity index (χ0) is 26.1. The topological polar surface area (TPSA) is 41.6 Å². The summed E-state index contributed by atoms with van der Waals surface area (Å²) in [5.41, 5.74) is 3.89. The minimum atomic E-state index is -0.0944. The van der Waals surface area contributed by atoms with Gasteiger partial charge in [0.2, 0.25) is 0 Å². The van der Waals surface area contributed by atoms with Gasteiger partial charge in [0.05, 0.1) is 12.5 Å². The van der Waals surface area contributed by atoms with Crippen LogP contribution in [0.25, 0.3) is 0 Å². The molecule has 4 nitrogen and oxygen atoms in total. The molecule has 2 aromatic rings. The third-order valence-electron chi connectivity index (χ3n) is 6.99. The summed E-state index contributed by atoms with van der Waals surface area (Å²) < 4.78 is 5.91. The van der Waals surface area contributed by atoms with Crippen LogP contribution in [0.4, 0.5) is 5.69 Å². The summed E-state index contributed by atoms with van der Waals surface area (Å²) in [6.07, 6.45) is 16.1. The highest BCUT2D eigenvalue weighted by Gasteiger charge is 2.15. The number of nitrogens with zero attached hydrogens (tertiary/aromatic N) is 1. The Labute approximate surface area is 229 Å². The number of amides is 1. The molecule has 2 aromatic carbocycles. The molecular formula is C32H46N2O2S. The second-order valence-corrected chi connectivity index (χ2v) is 11.0. The number of hydrogen-bond donors (Lipinski definition) is 1. The van der Waals surface area contributed by atoms with Crippen LogP contribution in [0.3, 0.4) is 0 Å². The number of para-hydroxylation sites is 1. The lowest BCUT2D eigenvalue weighted by atomic mass is 10.1. The summed E-state index contributed by atoms with van der Waals surface area (Å²) in [7, 11) is 0. The number of ether oxygens (including phenoxy) is 1. The molecule has 0 unspecified atom stereocenters. The highest BCUT2D eigenvalue weighted by molar-refractivity contribution is 8.02. The van der Waals surface area contributed by atoms with E-state index in [0.29, 0.717) is 5.56 Å². The minimum Gasteiger partial charge on any atom is -0.494 e. The van der Waals surface area contributed by atoms with Crippen LogP contribution in [-0.4, -0.2) is 23.3 Å². The number of carbonyl (C=O) groups is 1. The van der Waals surface area contributed by atoms with E-state index >= 15 is 0 Å². The maximum atomic E-state index is 12.9. The molecule has 1 aliphatic heterocycles. The Morgan fingerprint density at radius 2 is 1.49 bits per heavy atom. The van der Waals surface area contributed by atoms with E-state index in [2.05, 4.69) is 35.5 Å². The van der Waals surface area contributed by atoms with E-state index in [1.165, 1.54) is 76.3 Å². The molecule has 0 atom stereocenters. The van der Waals surface area contributed by atoms with Crippen molar-refractivity contribution in [1.82, 2.24) is 4.90 Å². The van der Waals surface area contributed by atoms with Crippen molar-refractivity contribution in [1.29, 1.82) is 0 Å². The summed E-state index contributed by atoms with van der Waals surface area (Å²) in [5, 5.41) is 5.28. The molecule has 202 valence electrons. The highest BCUT2D eigenvalue weighted by atomic mass is 32.2. The van der Waals surface area contributed by atoms with Crippen molar-refractivity contribution in [3.05, 3.63) is 70.8 Å². The van der Waals surface area contributed by atoms with E-state index in [1.54, 1.807) is 0 Å². The normalized spacial score (nSPS) is 13.0. The van der Waals surface area contributed by atoms with Crippen LogP contribution in [0.5, 0.6) is 5.75 Å². The minimum absolute atomic E-state index is 0.0944. The average Bonchev–Trinajstić information content (AvgIpc) is 3.32. The number of anilines is 1. The number of rotatable bonds is 18. The van der Waals surface area contributed by atoms with Gasteiger partial charge in [-0.05, 0) is 54.6 Å². The van der Waals surface area contributed by atoms with Crippen LogP contribution >= 0.6 is 11.8 Å². The molecule has 1 heterocycles. The van der Waals surface area contributed by atoms with Gasteiger partial charge in [0, 0.05) is 23.5 Å². The maximum Gasteiger partial charge on any atom is 0.255 e. The van der Waals surface area contributed by atoms with Crippen molar-refractivity contribution in [2.45, 2.75) is 97.4 Å². The largest absolute Gasteiger partial charge is 0.494 e. The molecule has 0 radical (unpaired) electrons. The number of nitrogens with one attached hydrogen (secondary N) is 1. The van der Waals surface area contributed by atoms with E-state index in [4.69, 9.17) is 4.74 Å². The molecule has 1 aliphatic rings. The molecule has 37 heavy (non-hydrogen) atoms. The molecule has 0 spiro atoms. The first kappa shape index (κ1) is 29.2. The molecule has 5 heteroatoms. The number of allylic oxidation sites excluding steroid dienone is 1. The van der Waals surface area contributed by atoms with E-state index in [-0.39, 0.29) is 5.91 Å². The third-order valence-corrected chi connectivity index (χ3v) is 7.96. The van der Waals surface area contributed by atoms with Crippen molar-refractivity contribution in [3.8, 4) is 5.75 Å². The molecular weight excluding hydrogens is 476 g/mol. The average molecular weight is 523 g/mol. The fraction of sp³-hybridized carbons (Fsp3) is 0.531. The van der Waals surface area contributed by atoms with Crippen LogP contribution in [0, 0.1) is 0 Å². The first-order valence-electron chi connectivity index (χ1n) is 14.3. The fourth-order valence-corrected chi connectivity index (χ4v) is 5.55. The molecule has 0 aliphatic carbocycles.